The first-order chi connectivity index (χ1) is 8.52. The van der Waals surface area contributed by atoms with E-state index in [2.05, 4.69) is 4.90 Å². The van der Waals surface area contributed by atoms with Gasteiger partial charge in [0.05, 0.1) is 24.0 Å². The molecule has 104 valence electrons. The van der Waals surface area contributed by atoms with Gasteiger partial charge in [-0.05, 0) is 32.7 Å². The zero-order valence-corrected chi connectivity index (χ0v) is 11.6. The van der Waals surface area contributed by atoms with Crippen molar-refractivity contribution in [1.29, 1.82) is 0 Å². The molecule has 2 aliphatic heterocycles. The highest BCUT2D eigenvalue weighted by molar-refractivity contribution is 7.91. The summed E-state index contributed by atoms with van der Waals surface area (Å²) in [6.45, 7) is 3.77. The summed E-state index contributed by atoms with van der Waals surface area (Å²) in [5.74, 6) is 0.325. The molecule has 0 aliphatic carbocycles. The van der Waals surface area contributed by atoms with Crippen LogP contribution < -0.4 is 0 Å². The molecule has 2 saturated heterocycles. The van der Waals surface area contributed by atoms with Crippen LogP contribution in [0.5, 0.6) is 0 Å². The lowest BCUT2D eigenvalue weighted by Gasteiger charge is -2.35. The molecule has 2 unspecified atom stereocenters. The van der Waals surface area contributed by atoms with E-state index < -0.39 is 9.84 Å². The Morgan fingerprint density at radius 1 is 1.39 bits per heavy atom. The molecule has 0 amide bonds. The van der Waals surface area contributed by atoms with Gasteiger partial charge in [-0.1, -0.05) is 0 Å². The van der Waals surface area contributed by atoms with Gasteiger partial charge in [-0.25, -0.2) is 8.42 Å². The maximum absolute atomic E-state index is 11.7. The van der Waals surface area contributed by atoms with Crippen LogP contribution in [-0.4, -0.2) is 56.5 Å². The molecule has 0 aromatic rings. The Labute approximate surface area is 108 Å². The molecule has 0 N–H and O–H groups in total. The minimum Gasteiger partial charge on any atom is -0.466 e. The standard InChI is InChI=1S/C12H21NO4S/c1-2-17-12(14)10-4-3-6-13(8-10)11-5-7-18(15,16)9-11/h10-11H,2-9H2,1H3. The van der Waals surface area contributed by atoms with Crippen LogP contribution in [0.15, 0.2) is 0 Å². The summed E-state index contributed by atoms with van der Waals surface area (Å²) in [7, 11) is -2.85. The summed E-state index contributed by atoms with van der Waals surface area (Å²) in [4.78, 5) is 13.9. The highest BCUT2D eigenvalue weighted by Gasteiger charge is 2.36. The number of sulfone groups is 1. The molecule has 2 heterocycles. The first-order valence-electron chi connectivity index (χ1n) is 6.63. The Morgan fingerprint density at radius 2 is 2.17 bits per heavy atom. The highest BCUT2D eigenvalue weighted by atomic mass is 32.2. The summed E-state index contributed by atoms with van der Waals surface area (Å²) in [6, 6.07) is 0.104. The van der Waals surface area contributed by atoms with Gasteiger partial charge in [0.2, 0.25) is 0 Å². The second-order valence-electron chi connectivity index (χ2n) is 5.14. The van der Waals surface area contributed by atoms with E-state index in [0.717, 1.165) is 19.4 Å². The van der Waals surface area contributed by atoms with Crippen molar-refractivity contribution in [3.8, 4) is 0 Å². The monoisotopic (exact) mass is 275 g/mol. The van der Waals surface area contributed by atoms with Gasteiger partial charge in [0, 0.05) is 12.6 Å². The smallest absolute Gasteiger partial charge is 0.310 e. The molecule has 2 rings (SSSR count). The Hall–Kier alpha value is -0.620. The lowest BCUT2D eigenvalue weighted by atomic mass is 9.96. The minimum atomic E-state index is -2.85. The van der Waals surface area contributed by atoms with Crippen molar-refractivity contribution < 1.29 is 17.9 Å². The molecule has 0 aromatic heterocycles. The van der Waals surface area contributed by atoms with Crippen molar-refractivity contribution in [2.45, 2.75) is 32.2 Å². The second kappa shape index (κ2) is 5.57. The number of carbonyl (C=O) groups excluding carboxylic acids is 1. The van der Waals surface area contributed by atoms with Crippen molar-refractivity contribution in [2.75, 3.05) is 31.2 Å². The SMILES string of the molecule is CCOC(=O)C1CCCN(C2CCS(=O)(=O)C2)C1. The summed E-state index contributed by atoms with van der Waals surface area (Å²) < 4.78 is 28.0. The number of carbonyl (C=O) groups is 1. The average molecular weight is 275 g/mol. The molecule has 6 heteroatoms. The Balaban J connectivity index is 1.93. The van der Waals surface area contributed by atoms with Gasteiger partial charge in [-0.2, -0.15) is 0 Å². The first kappa shape index (κ1) is 13.8. The van der Waals surface area contributed by atoms with E-state index >= 15 is 0 Å². The largest absolute Gasteiger partial charge is 0.466 e. The van der Waals surface area contributed by atoms with Crippen molar-refractivity contribution in [3.05, 3.63) is 0 Å². The van der Waals surface area contributed by atoms with Crippen LogP contribution in [0.1, 0.15) is 26.2 Å². The maximum atomic E-state index is 11.7. The van der Waals surface area contributed by atoms with Crippen LogP contribution >= 0.6 is 0 Å². The van der Waals surface area contributed by atoms with E-state index in [4.69, 9.17) is 4.74 Å². The number of ether oxygens (including phenoxy) is 1. The first-order valence-corrected chi connectivity index (χ1v) is 8.45. The quantitative estimate of drug-likeness (QED) is 0.700. The summed E-state index contributed by atoms with van der Waals surface area (Å²) in [5.41, 5.74) is 0. The van der Waals surface area contributed by atoms with Crippen LogP contribution in [-0.2, 0) is 19.4 Å². The number of hydrogen-bond acceptors (Lipinski definition) is 5. The lowest BCUT2D eigenvalue weighted by Crippen LogP contribution is -2.45. The van der Waals surface area contributed by atoms with E-state index in [1.807, 2.05) is 6.92 Å². The molecular formula is C12H21NO4S. The van der Waals surface area contributed by atoms with Gasteiger partial charge >= 0.3 is 5.97 Å². The zero-order valence-electron chi connectivity index (χ0n) is 10.8. The van der Waals surface area contributed by atoms with Crippen LogP contribution in [0, 0.1) is 5.92 Å². The van der Waals surface area contributed by atoms with E-state index in [9.17, 15) is 13.2 Å². The van der Waals surface area contributed by atoms with Crippen molar-refractivity contribution in [2.24, 2.45) is 5.92 Å². The third kappa shape index (κ3) is 3.23. The second-order valence-corrected chi connectivity index (χ2v) is 7.37. The van der Waals surface area contributed by atoms with Crippen LogP contribution in [0.2, 0.25) is 0 Å². The van der Waals surface area contributed by atoms with Crippen LogP contribution in [0.3, 0.4) is 0 Å². The molecular weight excluding hydrogens is 254 g/mol. The number of nitrogens with zero attached hydrogens (tertiary/aromatic N) is 1. The third-order valence-corrected chi connectivity index (χ3v) is 5.55. The summed E-state index contributed by atoms with van der Waals surface area (Å²) in [5, 5.41) is 0. The molecule has 0 aromatic carbocycles. The fourth-order valence-electron chi connectivity index (χ4n) is 2.85. The van der Waals surface area contributed by atoms with Gasteiger partial charge in [0.1, 0.15) is 0 Å². The maximum Gasteiger partial charge on any atom is 0.310 e. The highest BCUT2D eigenvalue weighted by Crippen LogP contribution is 2.25. The Bertz CT molecular complexity index is 406. The van der Waals surface area contributed by atoms with Crippen LogP contribution in [0.25, 0.3) is 0 Å². The van der Waals surface area contributed by atoms with E-state index in [1.54, 1.807) is 0 Å². The summed E-state index contributed by atoms with van der Waals surface area (Å²) >= 11 is 0. The fraction of sp³-hybridized carbons (Fsp3) is 0.917. The molecule has 0 spiro atoms. The van der Waals surface area contributed by atoms with Crippen molar-refractivity contribution in [1.82, 2.24) is 4.90 Å². The fourth-order valence-corrected chi connectivity index (χ4v) is 4.62. The molecule has 2 atom stereocenters. The van der Waals surface area contributed by atoms with Gasteiger partial charge < -0.3 is 4.74 Å². The molecule has 0 radical (unpaired) electrons. The van der Waals surface area contributed by atoms with Crippen LogP contribution in [0.4, 0.5) is 0 Å². The Morgan fingerprint density at radius 3 is 2.78 bits per heavy atom. The van der Waals surface area contributed by atoms with Crippen molar-refractivity contribution in [3.63, 3.8) is 0 Å². The van der Waals surface area contributed by atoms with E-state index in [-0.39, 0.29) is 29.4 Å². The number of likely N-dealkylation sites (tertiary alicyclic amines) is 1. The molecule has 2 aliphatic rings. The molecule has 0 bridgehead atoms. The third-order valence-electron chi connectivity index (χ3n) is 3.80. The average Bonchev–Trinajstić information content (AvgIpc) is 2.70. The topological polar surface area (TPSA) is 63.7 Å². The Kier molecular flexibility index (Phi) is 4.27. The van der Waals surface area contributed by atoms with Crippen molar-refractivity contribution >= 4 is 15.8 Å². The van der Waals surface area contributed by atoms with E-state index in [1.165, 1.54) is 0 Å². The molecule has 5 nitrogen and oxygen atoms in total. The number of piperidine rings is 1. The number of rotatable bonds is 3. The molecule has 18 heavy (non-hydrogen) atoms. The zero-order chi connectivity index (χ0) is 13.2. The molecule has 2 fully saturated rings. The number of hydrogen-bond donors (Lipinski definition) is 0. The van der Waals surface area contributed by atoms with E-state index in [0.29, 0.717) is 19.6 Å². The summed E-state index contributed by atoms with van der Waals surface area (Å²) in [6.07, 6.45) is 2.51. The normalized spacial score (nSPS) is 32.3. The van der Waals surface area contributed by atoms with Gasteiger partial charge in [0.25, 0.3) is 0 Å². The van der Waals surface area contributed by atoms with Gasteiger partial charge in [0.15, 0.2) is 9.84 Å². The predicted molar refractivity (Wildman–Crippen MR) is 68.0 cm³/mol. The number of esters is 1. The van der Waals surface area contributed by atoms with Gasteiger partial charge in [-0.15, -0.1) is 0 Å². The predicted octanol–water partition coefficient (Wildman–Crippen LogP) is 0.449. The minimum absolute atomic E-state index is 0.0815. The molecule has 0 saturated carbocycles. The van der Waals surface area contributed by atoms with Gasteiger partial charge in [-0.3, -0.25) is 9.69 Å². The lowest BCUT2D eigenvalue weighted by molar-refractivity contribution is -0.150.